The molecule has 0 unspecified atom stereocenters. The van der Waals surface area contributed by atoms with Crippen LogP contribution in [0.1, 0.15) is 23.0 Å². The number of primary amides is 1. The normalized spacial score (nSPS) is 10.0. The molecule has 2 N–H and O–H groups in total. The second kappa shape index (κ2) is 2.74. The second-order valence-electron chi connectivity index (χ2n) is 2.39. The highest BCUT2D eigenvalue weighted by atomic mass is 16.1. The summed E-state index contributed by atoms with van der Waals surface area (Å²) in [7, 11) is 1.77. The Kier molecular flexibility index (Phi) is 1.94. The van der Waals surface area contributed by atoms with Crippen molar-refractivity contribution >= 4 is 5.91 Å². The number of carbonyl (C=O) groups is 1. The van der Waals surface area contributed by atoms with Gasteiger partial charge in [0.15, 0.2) is 5.69 Å². The predicted molar refractivity (Wildman–Crippen MR) is 41.1 cm³/mol. The van der Waals surface area contributed by atoms with E-state index in [4.69, 9.17) is 5.73 Å². The van der Waals surface area contributed by atoms with E-state index in [1.807, 2.05) is 6.92 Å². The molecule has 1 aromatic rings. The minimum Gasteiger partial charge on any atom is -0.364 e. The summed E-state index contributed by atoms with van der Waals surface area (Å²) < 4.78 is 1.60. The minimum absolute atomic E-state index is 0.384. The highest BCUT2D eigenvalue weighted by molar-refractivity contribution is 5.92. The smallest absolute Gasteiger partial charge is 0.269 e. The van der Waals surface area contributed by atoms with Gasteiger partial charge in [-0.05, 0) is 6.42 Å². The highest BCUT2D eigenvalue weighted by Crippen LogP contribution is 2.05. The van der Waals surface area contributed by atoms with Gasteiger partial charge in [-0.25, -0.2) is 0 Å². The van der Waals surface area contributed by atoms with Crippen molar-refractivity contribution in [3.63, 3.8) is 0 Å². The van der Waals surface area contributed by atoms with Crippen LogP contribution in [0.2, 0.25) is 0 Å². The van der Waals surface area contributed by atoms with Crippen LogP contribution >= 0.6 is 0 Å². The van der Waals surface area contributed by atoms with E-state index >= 15 is 0 Å². The van der Waals surface area contributed by atoms with Gasteiger partial charge in [0.1, 0.15) is 0 Å². The van der Waals surface area contributed by atoms with Crippen LogP contribution in [0, 0.1) is 0 Å². The van der Waals surface area contributed by atoms with E-state index in [0.29, 0.717) is 5.69 Å². The molecule has 0 spiro atoms. The lowest BCUT2D eigenvalue weighted by molar-refractivity contribution is 0.0994. The Labute approximate surface area is 65.0 Å². The molecule has 0 fully saturated rings. The van der Waals surface area contributed by atoms with Crippen molar-refractivity contribution < 1.29 is 4.79 Å². The first-order chi connectivity index (χ1) is 5.15. The Morgan fingerprint density at radius 2 is 2.45 bits per heavy atom. The quantitative estimate of drug-likeness (QED) is 0.654. The molecule has 4 heteroatoms. The predicted octanol–water partition coefficient (Wildman–Crippen LogP) is 0.0814. The summed E-state index contributed by atoms with van der Waals surface area (Å²) in [5.41, 5.74) is 6.38. The molecular formula is C7H11N3O. The average molecular weight is 153 g/mol. The monoisotopic (exact) mass is 153 g/mol. The molecule has 4 nitrogen and oxygen atoms in total. The maximum absolute atomic E-state index is 10.7. The third-order valence-electron chi connectivity index (χ3n) is 1.52. The van der Waals surface area contributed by atoms with Crippen molar-refractivity contribution in [2.75, 3.05) is 0 Å². The van der Waals surface area contributed by atoms with E-state index in [2.05, 4.69) is 5.10 Å². The Morgan fingerprint density at radius 3 is 2.82 bits per heavy atom. The number of amides is 1. The van der Waals surface area contributed by atoms with Crippen LogP contribution in [0.4, 0.5) is 0 Å². The van der Waals surface area contributed by atoms with Gasteiger partial charge in [0.05, 0.1) is 0 Å². The molecule has 0 atom stereocenters. The fourth-order valence-corrected chi connectivity index (χ4v) is 1.00. The lowest BCUT2D eigenvalue weighted by Crippen LogP contribution is -2.13. The first-order valence-electron chi connectivity index (χ1n) is 3.47. The average Bonchev–Trinajstić information content (AvgIpc) is 2.30. The molecule has 1 aromatic heterocycles. The van der Waals surface area contributed by atoms with Crippen LogP contribution < -0.4 is 5.73 Å². The zero-order valence-corrected chi connectivity index (χ0v) is 6.66. The fourth-order valence-electron chi connectivity index (χ4n) is 1.00. The van der Waals surface area contributed by atoms with Gasteiger partial charge in [0.2, 0.25) is 0 Å². The molecule has 60 valence electrons. The number of aryl methyl sites for hydroxylation is 2. The van der Waals surface area contributed by atoms with Crippen molar-refractivity contribution in [2.45, 2.75) is 13.3 Å². The Morgan fingerprint density at radius 1 is 1.82 bits per heavy atom. The van der Waals surface area contributed by atoms with Crippen molar-refractivity contribution in [3.8, 4) is 0 Å². The maximum atomic E-state index is 10.7. The Hall–Kier alpha value is -1.32. The van der Waals surface area contributed by atoms with Gasteiger partial charge in [-0.2, -0.15) is 5.10 Å². The van der Waals surface area contributed by atoms with E-state index in [9.17, 15) is 4.79 Å². The maximum Gasteiger partial charge on any atom is 0.269 e. The summed E-state index contributed by atoms with van der Waals surface area (Å²) in [5, 5.41) is 3.92. The zero-order chi connectivity index (χ0) is 8.43. The van der Waals surface area contributed by atoms with Crippen LogP contribution in [-0.2, 0) is 13.5 Å². The summed E-state index contributed by atoms with van der Waals surface area (Å²) >= 11 is 0. The summed E-state index contributed by atoms with van der Waals surface area (Å²) in [5.74, 6) is -0.456. The molecular weight excluding hydrogens is 142 g/mol. The van der Waals surface area contributed by atoms with Crippen LogP contribution in [0.15, 0.2) is 6.20 Å². The molecule has 1 amide bonds. The molecule has 0 aliphatic rings. The highest BCUT2D eigenvalue weighted by Gasteiger charge is 2.10. The van der Waals surface area contributed by atoms with E-state index in [0.717, 1.165) is 12.0 Å². The number of rotatable bonds is 2. The van der Waals surface area contributed by atoms with Crippen molar-refractivity contribution in [1.29, 1.82) is 0 Å². The van der Waals surface area contributed by atoms with Crippen LogP contribution in [0.25, 0.3) is 0 Å². The molecule has 0 aliphatic heterocycles. The SMILES string of the molecule is CCc1cn(C)nc1C(N)=O. The number of nitrogens with zero attached hydrogens (tertiary/aromatic N) is 2. The summed E-state index contributed by atoms with van der Waals surface area (Å²) in [6.07, 6.45) is 2.59. The number of nitrogens with two attached hydrogens (primary N) is 1. The van der Waals surface area contributed by atoms with Gasteiger partial charge in [-0.15, -0.1) is 0 Å². The zero-order valence-electron chi connectivity index (χ0n) is 6.66. The molecule has 11 heavy (non-hydrogen) atoms. The van der Waals surface area contributed by atoms with Crippen LogP contribution in [0.3, 0.4) is 0 Å². The standard InChI is InChI=1S/C7H11N3O/c1-3-5-4-10(2)9-6(5)7(8)11/h4H,3H2,1-2H3,(H2,8,11). The van der Waals surface area contributed by atoms with Gasteiger partial charge < -0.3 is 5.73 Å². The summed E-state index contributed by atoms with van der Waals surface area (Å²) in [6.45, 7) is 1.96. The van der Waals surface area contributed by atoms with Gasteiger partial charge in [0, 0.05) is 18.8 Å². The van der Waals surface area contributed by atoms with Gasteiger partial charge in [-0.3, -0.25) is 9.48 Å². The molecule has 0 radical (unpaired) electrons. The lowest BCUT2D eigenvalue weighted by atomic mass is 10.2. The van der Waals surface area contributed by atoms with E-state index in [1.54, 1.807) is 17.9 Å². The number of hydrogen-bond donors (Lipinski definition) is 1. The minimum atomic E-state index is -0.456. The third kappa shape index (κ3) is 1.39. The molecule has 0 aromatic carbocycles. The largest absolute Gasteiger partial charge is 0.364 e. The summed E-state index contributed by atoms with van der Waals surface area (Å²) in [4.78, 5) is 10.7. The van der Waals surface area contributed by atoms with Crippen molar-refractivity contribution in [2.24, 2.45) is 12.8 Å². The van der Waals surface area contributed by atoms with Gasteiger partial charge >= 0.3 is 0 Å². The third-order valence-corrected chi connectivity index (χ3v) is 1.52. The number of aromatic nitrogens is 2. The van der Waals surface area contributed by atoms with Gasteiger partial charge in [0.25, 0.3) is 5.91 Å². The molecule has 1 rings (SSSR count). The molecule has 0 aliphatic carbocycles. The van der Waals surface area contributed by atoms with Crippen molar-refractivity contribution in [3.05, 3.63) is 17.5 Å². The topological polar surface area (TPSA) is 60.9 Å². The van der Waals surface area contributed by atoms with E-state index in [1.165, 1.54) is 0 Å². The van der Waals surface area contributed by atoms with Crippen molar-refractivity contribution in [1.82, 2.24) is 9.78 Å². The molecule has 0 saturated carbocycles. The number of hydrogen-bond acceptors (Lipinski definition) is 2. The molecule has 1 heterocycles. The van der Waals surface area contributed by atoms with Gasteiger partial charge in [-0.1, -0.05) is 6.92 Å². The second-order valence-corrected chi connectivity index (χ2v) is 2.39. The Bertz CT molecular complexity index is 277. The summed E-state index contributed by atoms with van der Waals surface area (Å²) in [6, 6.07) is 0. The molecule has 0 saturated heterocycles. The first-order valence-corrected chi connectivity index (χ1v) is 3.47. The van der Waals surface area contributed by atoms with E-state index in [-0.39, 0.29) is 0 Å². The fraction of sp³-hybridized carbons (Fsp3) is 0.429. The van der Waals surface area contributed by atoms with E-state index < -0.39 is 5.91 Å². The lowest BCUT2D eigenvalue weighted by Gasteiger charge is -1.90. The number of carbonyl (C=O) groups excluding carboxylic acids is 1. The Balaban J connectivity index is 3.12. The molecule has 0 bridgehead atoms. The van der Waals surface area contributed by atoms with Crippen LogP contribution in [-0.4, -0.2) is 15.7 Å². The van der Waals surface area contributed by atoms with Crippen LogP contribution in [0.5, 0.6) is 0 Å². The first kappa shape index (κ1) is 7.78.